The first-order valence-corrected chi connectivity index (χ1v) is 6.80. The van der Waals surface area contributed by atoms with Crippen LogP contribution < -0.4 is 10.4 Å². The summed E-state index contributed by atoms with van der Waals surface area (Å²) in [5.41, 5.74) is 4.39. The van der Waals surface area contributed by atoms with Gasteiger partial charge in [-0.15, -0.1) is 0 Å². The van der Waals surface area contributed by atoms with Gasteiger partial charge in [-0.25, -0.2) is 0 Å². The third kappa shape index (κ3) is 5.02. The number of anilines is 1. The Morgan fingerprint density at radius 2 is 1.70 bits per heavy atom. The van der Waals surface area contributed by atoms with Crippen LogP contribution in [0.3, 0.4) is 0 Å². The van der Waals surface area contributed by atoms with Crippen molar-refractivity contribution in [2.45, 2.75) is 32.0 Å². The molecule has 6 heteroatoms. The predicted octanol–water partition coefficient (Wildman–Crippen LogP) is 3.26. The standard InChI is InChI=1S/C14H19F3N2O/c15-14(16,17)11-20-18-10-12-4-6-13(7-5-12)19-8-2-1-3-9-19/h4-7,18H,1-3,8-11H2. The van der Waals surface area contributed by atoms with E-state index in [0.717, 1.165) is 18.7 Å². The van der Waals surface area contributed by atoms with Crippen molar-refractivity contribution >= 4 is 5.69 Å². The zero-order chi connectivity index (χ0) is 14.4. The fourth-order valence-corrected chi connectivity index (χ4v) is 2.24. The maximum absolute atomic E-state index is 11.9. The van der Waals surface area contributed by atoms with Gasteiger partial charge in [0.2, 0.25) is 0 Å². The molecule has 0 amide bonds. The van der Waals surface area contributed by atoms with Crippen LogP contribution in [0.5, 0.6) is 0 Å². The molecule has 1 aromatic carbocycles. The Labute approximate surface area is 116 Å². The second kappa shape index (κ2) is 6.95. The summed E-state index contributed by atoms with van der Waals surface area (Å²) < 4.78 is 35.6. The maximum atomic E-state index is 11.9. The van der Waals surface area contributed by atoms with Crippen molar-refractivity contribution < 1.29 is 18.0 Å². The van der Waals surface area contributed by atoms with Gasteiger partial charge in [0.25, 0.3) is 0 Å². The van der Waals surface area contributed by atoms with E-state index in [-0.39, 0.29) is 6.54 Å². The summed E-state index contributed by atoms with van der Waals surface area (Å²) in [4.78, 5) is 6.70. The molecule has 1 aromatic rings. The topological polar surface area (TPSA) is 24.5 Å². The number of benzene rings is 1. The van der Waals surface area contributed by atoms with Crippen LogP contribution in [0, 0.1) is 0 Å². The molecule has 0 bridgehead atoms. The first-order valence-electron chi connectivity index (χ1n) is 6.80. The molecule has 112 valence electrons. The number of alkyl halides is 3. The van der Waals surface area contributed by atoms with Crippen LogP contribution in [-0.4, -0.2) is 25.9 Å². The van der Waals surface area contributed by atoms with Crippen molar-refractivity contribution in [1.82, 2.24) is 5.48 Å². The molecule has 1 aliphatic heterocycles. The van der Waals surface area contributed by atoms with Gasteiger partial charge in [0.05, 0.1) is 0 Å². The molecule has 3 nitrogen and oxygen atoms in total. The van der Waals surface area contributed by atoms with Crippen LogP contribution in [0.1, 0.15) is 24.8 Å². The van der Waals surface area contributed by atoms with E-state index in [1.54, 1.807) is 0 Å². The molecule has 2 rings (SSSR count). The number of nitrogens with zero attached hydrogens (tertiary/aromatic N) is 1. The lowest BCUT2D eigenvalue weighted by molar-refractivity contribution is -0.190. The van der Waals surface area contributed by atoms with Crippen LogP contribution >= 0.6 is 0 Å². The van der Waals surface area contributed by atoms with Gasteiger partial charge in [0.15, 0.2) is 6.61 Å². The third-order valence-corrected chi connectivity index (χ3v) is 3.27. The Morgan fingerprint density at radius 1 is 1.05 bits per heavy atom. The van der Waals surface area contributed by atoms with Crippen LogP contribution in [0.4, 0.5) is 18.9 Å². The zero-order valence-corrected chi connectivity index (χ0v) is 11.2. The number of hydrogen-bond acceptors (Lipinski definition) is 3. The van der Waals surface area contributed by atoms with E-state index in [2.05, 4.69) is 15.2 Å². The highest BCUT2D eigenvalue weighted by Crippen LogP contribution is 2.20. The van der Waals surface area contributed by atoms with Gasteiger partial charge >= 0.3 is 6.18 Å². The largest absolute Gasteiger partial charge is 0.413 e. The van der Waals surface area contributed by atoms with Crippen LogP contribution in [-0.2, 0) is 11.4 Å². The summed E-state index contributed by atoms with van der Waals surface area (Å²) in [6.07, 6.45) is -0.580. The number of hydroxylamine groups is 1. The lowest BCUT2D eigenvalue weighted by atomic mass is 10.1. The Hall–Kier alpha value is -1.27. The van der Waals surface area contributed by atoms with Crippen molar-refractivity contribution in [2.24, 2.45) is 0 Å². The fraction of sp³-hybridized carbons (Fsp3) is 0.571. The highest BCUT2D eigenvalue weighted by Gasteiger charge is 2.27. The number of halogens is 3. The van der Waals surface area contributed by atoms with Crippen LogP contribution in [0.15, 0.2) is 24.3 Å². The number of nitrogens with one attached hydrogen (secondary N) is 1. The molecule has 0 aliphatic carbocycles. The van der Waals surface area contributed by atoms with E-state index in [0.29, 0.717) is 0 Å². The third-order valence-electron chi connectivity index (χ3n) is 3.27. The minimum atomic E-state index is -4.30. The minimum absolute atomic E-state index is 0.260. The highest BCUT2D eigenvalue weighted by molar-refractivity contribution is 5.47. The summed E-state index contributed by atoms with van der Waals surface area (Å²) in [7, 11) is 0. The molecule has 0 spiro atoms. The molecule has 1 aliphatic rings. The van der Waals surface area contributed by atoms with Crippen molar-refractivity contribution in [3.05, 3.63) is 29.8 Å². The lowest BCUT2D eigenvalue weighted by Gasteiger charge is -2.28. The number of piperidine rings is 1. The molecule has 1 fully saturated rings. The number of rotatable bonds is 5. The van der Waals surface area contributed by atoms with Crippen molar-refractivity contribution in [3.63, 3.8) is 0 Å². The van der Waals surface area contributed by atoms with E-state index >= 15 is 0 Å². The molecular formula is C14H19F3N2O. The lowest BCUT2D eigenvalue weighted by Crippen LogP contribution is -2.29. The van der Waals surface area contributed by atoms with E-state index in [4.69, 9.17) is 0 Å². The summed E-state index contributed by atoms with van der Waals surface area (Å²) in [6.45, 7) is 1.13. The second-order valence-electron chi connectivity index (χ2n) is 4.94. The number of hydrogen-bond donors (Lipinski definition) is 1. The smallest absolute Gasteiger partial charge is 0.372 e. The predicted molar refractivity (Wildman–Crippen MR) is 71.4 cm³/mol. The minimum Gasteiger partial charge on any atom is -0.372 e. The molecule has 1 N–H and O–H groups in total. The average molecular weight is 288 g/mol. The summed E-state index contributed by atoms with van der Waals surface area (Å²) >= 11 is 0. The van der Waals surface area contributed by atoms with E-state index < -0.39 is 12.8 Å². The van der Waals surface area contributed by atoms with Gasteiger partial charge in [-0.3, -0.25) is 4.84 Å². The maximum Gasteiger partial charge on any atom is 0.413 e. The van der Waals surface area contributed by atoms with E-state index in [1.807, 2.05) is 24.3 Å². The Balaban J connectivity index is 1.76. The van der Waals surface area contributed by atoms with Crippen molar-refractivity contribution in [2.75, 3.05) is 24.6 Å². The first-order chi connectivity index (χ1) is 9.54. The quantitative estimate of drug-likeness (QED) is 0.665. The molecule has 1 heterocycles. The van der Waals surface area contributed by atoms with E-state index in [1.165, 1.54) is 24.9 Å². The molecule has 20 heavy (non-hydrogen) atoms. The van der Waals surface area contributed by atoms with Gasteiger partial charge in [0.1, 0.15) is 0 Å². The molecule has 0 radical (unpaired) electrons. The van der Waals surface area contributed by atoms with Gasteiger partial charge < -0.3 is 4.90 Å². The summed E-state index contributed by atoms with van der Waals surface area (Å²) in [5, 5.41) is 0. The second-order valence-corrected chi connectivity index (χ2v) is 4.94. The molecule has 0 unspecified atom stereocenters. The van der Waals surface area contributed by atoms with Crippen molar-refractivity contribution in [3.8, 4) is 0 Å². The Bertz CT molecular complexity index is 400. The summed E-state index contributed by atoms with van der Waals surface area (Å²) in [6, 6.07) is 7.83. The molecule has 1 saturated heterocycles. The monoisotopic (exact) mass is 288 g/mol. The zero-order valence-electron chi connectivity index (χ0n) is 11.2. The van der Waals surface area contributed by atoms with Gasteiger partial charge in [0, 0.05) is 25.3 Å². The van der Waals surface area contributed by atoms with Crippen LogP contribution in [0.25, 0.3) is 0 Å². The Morgan fingerprint density at radius 3 is 2.30 bits per heavy atom. The average Bonchev–Trinajstić information content (AvgIpc) is 2.44. The SMILES string of the molecule is FC(F)(F)CONCc1ccc(N2CCCCC2)cc1. The van der Waals surface area contributed by atoms with Gasteiger partial charge in [-0.1, -0.05) is 12.1 Å². The van der Waals surface area contributed by atoms with Gasteiger partial charge in [-0.05, 0) is 37.0 Å². The molecule has 0 atom stereocenters. The molecular weight excluding hydrogens is 269 g/mol. The summed E-state index contributed by atoms with van der Waals surface area (Å²) in [5.74, 6) is 0. The van der Waals surface area contributed by atoms with Crippen LogP contribution in [0.2, 0.25) is 0 Å². The molecule has 0 aromatic heterocycles. The first kappa shape index (κ1) is 15.1. The highest BCUT2D eigenvalue weighted by atomic mass is 19.4. The Kier molecular flexibility index (Phi) is 5.25. The molecule has 0 saturated carbocycles. The normalized spacial score (nSPS) is 16.4. The van der Waals surface area contributed by atoms with Crippen molar-refractivity contribution in [1.29, 1.82) is 0 Å². The van der Waals surface area contributed by atoms with Gasteiger partial charge in [-0.2, -0.15) is 18.7 Å². The fourth-order valence-electron chi connectivity index (χ4n) is 2.24. The van der Waals surface area contributed by atoms with E-state index in [9.17, 15) is 13.2 Å².